The van der Waals surface area contributed by atoms with Crippen molar-refractivity contribution in [2.45, 2.75) is 19.8 Å². The Hall–Kier alpha value is -2.95. The molecule has 0 spiro atoms. The molecule has 1 N–H and O–H groups in total. The summed E-state index contributed by atoms with van der Waals surface area (Å²) in [4.78, 5) is 11.8. The van der Waals surface area contributed by atoms with Crippen molar-refractivity contribution in [3.8, 4) is 11.1 Å². The Morgan fingerprint density at radius 2 is 1.92 bits per heavy atom. The van der Waals surface area contributed by atoms with E-state index in [0.717, 1.165) is 24.0 Å². The SMILES string of the molecule is Cc1cc(C(=O)NCCCc2ccc(-c3ccccc3F)cc2)on1. The highest BCUT2D eigenvalue weighted by Crippen LogP contribution is 2.23. The van der Waals surface area contributed by atoms with E-state index in [1.54, 1.807) is 25.1 Å². The summed E-state index contributed by atoms with van der Waals surface area (Å²) in [5, 5.41) is 6.50. The fourth-order valence-electron chi connectivity index (χ4n) is 2.60. The summed E-state index contributed by atoms with van der Waals surface area (Å²) in [5.74, 6) is -0.247. The first-order valence-electron chi connectivity index (χ1n) is 8.19. The number of nitrogens with zero attached hydrogens (tertiary/aromatic N) is 1. The lowest BCUT2D eigenvalue weighted by molar-refractivity contribution is 0.0916. The van der Waals surface area contributed by atoms with Gasteiger partial charge in [0.1, 0.15) is 5.82 Å². The molecule has 3 aromatic rings. The molecule has 25 heavy (non-hydrogen) atoms. The summed E-state index contributed by atoms with van der Waals surface area (Å²) in [5.41, 5.74) is 3.28. The second-order valence-electron chi connectivity index (χ2n) is 5.87. The summed E-state index contributed by atoms with van der Waals surface area (Å²) in [7, 11) is 0. The van der Waals surface area contributed by atoms with Gasteiger partial charge in [-0.1, -0.05) is 47.6 Å². The minimum Gasteiger partial charge on any atom is -0.351 e. The van der Waals surface area contributed by atoms with Gasteiger partial charge in [0.15, 0.2) is 0 Å². The van der Waals surface area contributed by atoms with Crippen LogP contribution in [-0.4, -0.2) is 17.6 Å². The number of hydrogen-bond acceptors (Lipinski definition) is 3. The number of amides is 1. The van der Waals surface area contributed by atoms with E-state index in [1.807, 2.05) is 30.3 Å². The molecule has 0 radical (unpaired) electrons. The molecular weight excluding hydrogens is 319 g/mol. The number of carbonyl (C=O) groups is 1. The molecule has 0 unspecified atom stereocenters. The molecule has 0 fully saturated rings. The van der Waals surface area contributed by atoms with Crippen molar-refractivity contribution in [2.24, 2.45) is 0 Å². The van der Waals surface area contributed by atoms with Gasteiger partial charge in [0.2, 0.25) is 5.76 Å². The fourth-order valence-corrected chi connectivity index (χ4v) is 2.60. The lowest BCUT2D eigenvalue weighted by Crippen LogP contribution is -2.24. The summed E-state index contributed by atoms with van der Waals surface area (Å²) >= 11 is 0. The van der Waals surface area contributed by atoms with Crippen molar-refractivity contribution >= 4 is 5.91 Å². The smallest absolute Gasteiger partial charge is 0.289 e. The maximum atomic E-state index is 13.8. The van der Waals surface area contributed by atoms with Crippen LogP contribution in [0.15, 0.2) is 59.1 Å². The monoisotopic (exact) mass is 338 g/mol. The van der Waals surface area contributed by atoms with Crippen LogP contribution >= 0.6 is 0 Å². The predicted molar refractivity (Wildman–Crippen MR) is 93.7 cm³/mol. The average Bonchev–Trinajstić information content (AvgIpc) is 3.06. The zero-order valence-corrected chi connectivity index (χ0v) is 14.0. The largest absolute Gasteiger partial charge is 0.351 e. The number of aromatic nitrogens is 1. The molecule has 3 rings (SSSR count). The van der Waals surface area contributed by atoms with Crippen molar-refractivity contribution in [3.63, 3.8) is 0 Å². The molecule has 0 saturated heterocycles. The first-order chi connectivity index (χ1) is 12.1. The van der Waals surface area contributed by atoms with E-state index in [4.69, 9.17) is 4.52 Å². The molecule has 0 atom stereocenters. The molecule has 1 amide bonds. The van der Waals surface area contributed by atoms with Gasteiger partial charge >= 0.3 is 0 Å². The Bertz CT molecular complexity index is 856. The Morgan fingerprint density at radius 1 is 1.16 bits per heavy atom. The van der Waals surface area contributed by atoms with E-state index < -0.39 is 0 Å². The van der Waals surface area contributed by atoms with E-state index >= 15 is 0 Å². The molecular formula is C20H19FN2O2. The lowest BCUT2D eigenvalue weighted by atomic mass is 10.0. The van der Waals surface area contributed by atoms with E-state index in [-0.39, 0.29) is 17.5 Å². The fraction of sp³-hybridized carbons (Fsp3) is 0.200. The molecule has 0 aliphatic heterocycles. The first-order valence-corrected chi connectivity index (χ1v) is 8.19. The van der Waals surface area contributed by atoms with Gasteiger partial charge in [0, 0.05) is 18.2 Å². The van der Waals surface area contributed by atoms with Crippen LogP contribution in [0.25, 0.3) is 11.1 Å². The van der Waals surface area contributed by atoms with Crippen LogP contribution in [0.1, 0.15) is 28.2 Å². The molecule has 1 heterocycles. The number of carbonyl (C=O) groups excluding carboxylic acids is 1. The molecule has 0 aliphatic rings. The van der Waals surface area contributed by atoms with Gasteiger partial charge in [-0.15, -0.1) is 0 Å². The highest BCUT2D eigenvalue weighted by molar-refractivity contribution is 5.91. The number of benzene rings is 2. The van der Waals surface area contributed by atoms with E-state index in [0.29, 0.717) is 17.8 Å². The minimum atomic E-state index is -0.254. The third-order valence-corrected chi connectivity index (χ3v) is 3.92. The zero-order valence-electron chi connectivity index (χ0n) is 14.0. The van der Waals surface area contributed by atoms with Gasteiger partial charge in [0.05, 0.1) is 5.69 Å². The van der Waals surface area contributed by atoms with Crippen LogP contribution in [0.5, 0.6) is 0 Å². The van der Waals surface area contributed by atoms with Gasteiger partial charge in [-0.3, -0.25) is 4.79 Å². The third kappa shape index (κ3) is 4.32. The number of nitrogens with one attached hydrogen (secondary N) is 1. The number of halogens is 1. The van der Waals surface area contributed by atoms with Crippen molar-refractivity contribution in [1.29, 1.82) is 0 Å². The van der Waals surface area contributed by atoms with Gasteiger partial charge in [-0.25, -0.2) is 4.39 Å². The summed E-state index contributed by atoms with van der Waals surface area (Å²) in [6.45, 7) is 2.32. The molecule has 0 aliphatic carbocycles. The Kier molecular flexibility index (Phi) is 5.23. The Labute approximate surface area is 145 Å². The van der Waals surface area contributed by atoms with Crippen molar-refractivity contribution in [1.82, 2.24) is 10.5 Å². The third-order valence-electron chi connectivity index (χ3n) is 3.92. The summed E-state index contributed by atoms with van der Waals surface area (Å²) < 4.78 is 18.7. The molecule has 0 bridgehead atoms. The van der Waals surface area contributed by atoms with Crippen LogP contribution in [0.2, 0.25) is 0 Å². The van der Waals surface area contributed by atoms with Crippen LogP contribution in [0.4, 0.5) is 4.39 Å². The topological polar surface area (TPSA) is 55.1 Å². The minimum absolute atomic E-state index is 0.222. The van der Waals surface area contributed by atoms with Gasteiger partial charge in [-0.05, 0) is 37.0 Å². The van der Waals surface area contributed by atoms with Crippen LogP contribution in [-0.2, 0) is 6.42 Å². The number of hydrogen-bond donors (Lipinski definition) is 1. The summed E-state index contributed by atoms with van der Waals surface area (Å²) in [6.07, 6.45) is 1.63. The predicted octanol–water partition coefficient (Wildman–Crippen LogP) is 4.15. The molecule has 2 aromatic carbocycles. The first kappa shape index (κ1) is 16.9. The Balaban J connectivity index is 1.49. The lowest BCUT2D eigenvalue weighted by Gasteiger charge is -2.06. The van der Waals surface area contributed by atoms with Crippen LogP contribution < -0.4 is 5.32 Å². The van der Waals surface area contributed by atoms with Gasteiger partial charge in [0.25, 0.3) is 5.91 Å². The summed E-state index contributed by atoms with van der Waals surface area (Å²) in [6, 6.07) is 16.2. The second kappa shape index (κ2) is 7.75. The maximum absolute atomic E-state index is 13.8. The van der Waals surface area contributed by atoms with E-state index in [2.05, 4.69) is 10.5 Å². The van der Waals surface area contributed by atoms with Crippen molar-refractivity contribution in [3.05, 3.63) is 77.4 Å². The van der Waals surface area contributed by atoms with E-state index in [9.17, 15) is 9.18 Å². The van der Waals surface area contributed by atoms with Gasteiger partial charge < -0.3 is 9.84 Å². The maximum Gasteiger partial charge on any atom is 0.289 e. The molecule has 5 heteroatoms. The van der Waals surface area contributed by atoms with Gasteiger partial charge in [-0.2, -0.15) is 0 Å². The molecule has 128 valence electrons. The quantitative estimate of drug-likeness (QED) is 0.687. The Morgan fingerprint density at radius 3 is 2.60 bits per heavy atom. The highest BCUT2D eigenvalue weighted by atomic mass is 19.1. The zero-order chi connectivity index (χ0) is 17.6. The average molecular weight is 338 g/mol. The van der Waals surface area contributed by atoms with E-state index in [1.165, 1.54) is 6.07 Å². The number of aryl methyl sites for hydroxylation is 2. The van der Waals surface area contributed by atoms with Crippen molar-refractivity contribution in [2.75, 3.05) is 6.54 Å². The normalized spacial score (nSPS) is 10.6. The number of rotatable bonds is 6. The standard InChI is InChI=1S/C20H19FN2O2/c1-14-13-19(25-23-14)20(24)22-12-4-5-15-8-10-16(11-9-15)17-6-2-3-7-18(17)21/h2-3,6-11,13H,4-5,12H2,1H3,(H,22,24). The molecule has 1 aromatic heterocycles. The highest BCUT2D eigenvalue weighted by Gasteiger charge is 2.10. The van der Waals surface area contributed by atoms with Crippen LogP contribution in [0.3, 0.4) is 0 Å². The molecule has 0 saturated carbocycles. The molecule has 4 nitrogen and oxygen atoms in total. The second-order valence-corrected chi connectivity index (χ2v) is 5.87. The van der Waals surface area contributed by atoms with Crippen molar-refractivity contribution < 1.29 is 13.7 Å². The van der Waals surface area contributed by atoms with Crippen LogP contribution in [0, 0.1) is 12.7 Å².